The van der Waals surface area contributed by atoms with E-state index in [0.717, 1.165) is 23.5 Å². The first-order valence-corrected chi connectivity index (χ1v) is 6.49. The van der Waals surface area contributed by atoms with Gasteiger partial charge in [0.05, 0.1) is 0 Å². The highest BCUT2D eigenvalue weighted by Crippen LogP contribution is 2.25. The molecule has 0 saturated carbocycles. The van der Waals surface area contributed by atoms with Gasteiger partial charge in [-0.1, -0.05) is 30.3 Å². The summed E-state index contributed by atoms with van der Waals surface area (Å²) in [6, 6.07) is 17.4. The first kappa shape index (κ1) is 16.5. The summed E-state index contributed by atoms with van der Waals surface area (Å²) in [5, 5.41) is 8.83. The Bertz CT molecular complexity index is 505. The third kappa shape index (κ3) is 4.85. The molecule has 2 aromatic rings. The van der Waals surface area contributed by atoms with E-state index in [1.807, 2.05) is 54.6 Å². The molecule has 2 aromatic carbocycles. The quantitative estimate of drug-likeness (QED) is 0.854. The number of ether oxygens (including phenoxy) is 1. The van der Waals surface area contributed by atoms with Crippen LogP contribution in [-0.4, -0.2) is 11.7 Å². The highest BCUT2D eigenvalue weighted by Gasteiger charge is 2.07. The van der Waals surface area contributed by atoms with Crippen molar-refractivity contribution in [1.82, 2.24) is 0 Å². The summed E-state index contributed by atoms with van der Waals surface area (Å²) in [5.74, 6) is 1.59. The molecule has 0 aliphatic rings. The minimum Gasteiger partial charge on any atom is -0.457 e. The molecule has 0 amide bonds. The Kier molecular flexibility index (Phi) is 7.09. The number of rotatable bonds is 6. The van der Waals surface area contributed by atoms with Gasteiger partial charge in [-0.05, 0) is 42.7 Å². The Hall–Kier alpha value is -1.55. The molecule has 0 aliphatic heterocycles. The van der Waals surface area contributed by atoms with Crippen LogP contribution in [0.1, 0.15) is 24.4 Å². The van der Waals surface area contributed by atoms with Crippen molar-refractivity contribution in [3.05, 3.63) is 60.2 Å². The summed E-state index contributed by atoms with van der Waals surface area (Å²) in [6.45, 7) is 0.175. The summed E-state index contributed by atoms with van der Waals surface area (Å²) in [6.07, 6.45) is 1.48. The molecular formula is C16H20ClNO2. The molecular weight excluding hydrogens is 274 g/mol. The van der Waals surface area contributed by atoms with E-state index in [4.69, 9.17) is 15.6 Å². The van der Waals surface area contributed by atoms with E-state index in [-0.39, 0.29) is 25.1 Å². The second-order valence-electron chi connectivity index (χ2n) is 4.46. The molecule has 2 rings (SSSR count). The first-order chi connectivity index (χ1) is 9.29. The van der Waals surface area contributed by atoms with Crippen molar-refractivity contribution >= 4 is 12.4 Å². The van der Waals surface area contributed by atoms with Crippen LogP contribution in [0.2, 0.25) is 0 Å². The van der Waals surface area contributed by atoms with Crippen LogP contribution in [0.4, 0.5) is 0 Å². The lowest BCUT2D eigenvalue weighted by molar-refractivity contribution is 0.280. The second-order valence-corrected chi connectivity index (χ2v) is 4.46. The van der Waals surface area contributed by atoms with Gasteiger partial charge in [0.25, 0.3) is 0 Å². The minimum atomic E-state index is -0.0635. The Morgan fingerprint density at radius 1 is 1.00 bits per heavy atom. The molecule has 3 nitrogen and oxygen atoms in total. The predicted octanol–water partition coefficient (Wildman–Crippen LogP) is 3.67. The van der Waals surface area contributed by atoms with Crippen LogP contribution in [0.15, 0.2) is 54.6 Å². The number of aliphatic hydroxyl groups is 1. The molecule has 0 unspecified atom stereocenters. The van der Waals surface area contributed by atoms with Crippen molar-refractivity contribution in [1.29, 1.82) is 0 Å². The molecule has 4 heteroatoms. The highest BCUT2D eigenvalue weighted by atomic mass is 35.5. The smallest absolute Gasteiger partial charge is 0.127 e. The number of benzene rings is 2. The van der Waals surface area contributed by atoms with Gasteiger partial charge in [0.1, 0.15) is 11.5 Å². The highest BCUT2D eigenvalue weighted by molar-refractivity contribution is 5.85. The Morgan fingerprint density at radius 2 is 1.70 bits per heavy atom. The van der Waals surface area contributed by atoms with Crippen LogP contribution in [0.25, 0.3) is 0 Å². The first-order valence-electron chi connectivity index (χ1n) is 6.49. The van der Waals surface area contributed by atoms with Gasteiger partial charge in [-0.3, -0.25) is 0 Å². The number of hydrogen-bond acceptors (Lipinski definition) is 3. The van der Waals surface area contributed by atoms with E-state index in [0.29, 0.717) is 6.42 Å². The van der Waals surface area contributed by atoms with Crippen molar-refractivity contribution in [3.8, 4) is 11.5 Å². The van der Waals surface area contributed by atoms with Crippen LogP contribution in [0.3, 0.4) is 0 Å². The average molecular weight is 294 g/mol. The summed E-state index contributed by atoms with van der Waals surface area (Å²) < 4.78 is 5.77. The molecule has 0 spiro atoms. The molecule has 0 fully saturated rings. The topological polar surface area (TPSA) is 55.5 Å². The molecule has 1 atom stereocenters. The average Bonchev–Trinajstić information content (AvgIpc) is 2.46. The number of aliphatic hydroxyl groups excluding tert-OH is 1. The van der Waals surface area contributed by atoms with Crippen LogP contribution in [0, 0.1) is 0 Å². The fourth-order valence-electron chi connectivity index (χ4n) is 1.91. The fraction of sp³-hybridized carbons (Fsp3) is 0.250. The van der Waals surface area contributed by atoms with Gasteiger partial charge in [-0.2, -0.15) is 0 Å². The Balaban J connectivity index is 0.00000200. The third-order valence-electron chi connectivity index (χ3n) is 2.94. The van der Waals surface area contributed by atoms with Gasteiger partial charge in [0.15, 0.2) is 0 Å². The summed E-state index contributed by atoms with van der Waals surface area (Å²) in [5.41, 5.74) is 7.11. The van der Waals surface area contributed by atoms with Gasteiger partial charge < -0.3 is 15.6 Å². The van der Waals surface area contributed by atoms with Crippen LogP contribution < -0.4 is 10.5 Å². The number of para-hydroxylation sites is 1. The molecule has 20 heavy (non-hydrogen) atoms. The number of hydrogen-bond donors (Lipinski definition) is 2. The van der Waals surface area contributed by atoms with E-state index in [9.17, 15) is 0 Å². The normalized spacial score (nSPS) is 11.5. The lowest BCUT2D eigenvalue weighted by Gasteiger charge is -2.13. The zero-order chi connectivity index (χ0) is 13.5. The van der Waals surface area contributed by atoms with Crippen molar-refractivity contribution in [2.24, 2.45) is 5.73 Å². The standard InChI is InChI=1S/C16H19NO2.ClH/c17-16(10-5-11-18)13-6-4-9-15(12-13)19-14-7-2-1-3-8-14;/h1-4,6-9,12,16,18H,5,10-11,17H2;1H/t16-;/m1./s1. The van der Waals surface area contributed by atoms with Crippen LogP contribution >= 0.6 is 12.4 Å². The largest absolute Gasteiger partial charge is 0.457 e. The predicted molar refractivity (Wildman–Crippen MR) is 83.5 cm³/mol. The lowest BCUT2D eigenvalue weighted by atomic mass is 10.0. The molecule has 0 saturated heterocycles. The monoisotopic (exact) mass is 293 g/mol. The van der Waals surface area contributed by atoms with E-state index >= 15 is 0 Å². The van der Waals surface area contributed by atoms with E-state index < -0.39 is 0 Å². The van der Waals surface area contributed by atoms with Gasteiger partial charge in [0.2, 0.25) is 0 Å². The zero-order valence-corrected chi connectivity index (χ0v) is 12.1. The maximum atomic E-state index is 8.83. The van der Waals surface area contributed by atoms with Gasteiger partial charge >= 0.3 is 0 Å². The van der Waals surface area contributed by atoms with Gasteiger partial charge in [-0.25, -0.2) is 0 Å². The van der Waals surface area contributed by atoms with Gasteiger partial charge in [0, 0.05) is 12.6 Å². The molecule has 3 N–H and O–H groups in total. The summed E-state index contributed by atoms with van der Waals surface area (Å²) in [4.78, 5) is 0. The maximum Gasteiger partial charge on any atom is 0.127 e. The zero-order valence-electron chi connectivity index (χ0n) is 11.2. The van der Waals surface area contributed by atoms with E-state index in [1.54, 1.807) is 0 Å². The van der Waals surface area contributed by atoms with Crippen molar-refractivity contribution in [3.63, 3.8) is 0 Å². The molecule has 0 heterocycles. The third-order valence-corrected chi connectivity index (χ3v) is 2.94. The Morgan fingerprint density at radius 3 is 2.40 bits per heavy atom. The van der Waals surface area contributed by atoms with Crippen LogP contribution in [0.5, 0.6) is 11.5 Å². The number of nitrogens with two attached hydrogens (primary N) is 1. The minimum absolute atomic E-state index is 0. The van der Waals surface area contributed by atoms with Crippen molar-refractivity contribution in [2.75, 3.05) is 6.61 Å². The van der Waals surface area contributed by atoms with Crippen molar-refractivity contribution in [2.45, 2.75) is 18.9 Å². The summed E-state index contributed by atoms with van der Waals surface area (Å²) >= 11 is 0. The van der Waals surface area contributed by atoms with Gasteiger partial charge in [-0.15, -0.1) is 12.4 Å². The molecule has 0 aromatic heterocycles. The maximum absolute atomic E-state index is 8.83. The molecule has 108 valence electrons. The second kappa shape index (κ2) is 8.59. The summed E-state index contributed by atoms with van der Waals surface area (Å²) in [7, 11) is 0. The Labute approximate surface area is 125 Å². The fourth-order valence-corrected chi connectivity index (χ4v) is 1.91. The van der Waals surface area contributed by atoms with E-state index in [2.05, 4.69) is 0 Å². The molecule has 0 bridgehead atoms. The SMILES string of the molecule is Cl.N[C@H](CCCO)c1cccc(Oc2ccccc2)c1. The molecule has 0 aliphatic carbocycles. The molecule has 0 radical (unpaired) electrons. The van der Waals surface area contributed by atoms with E-state index in [1.165, 1.54) is 0 Å². The van der Waals surface area contributed by atoms with Crippen LogP contribution in [-0.2, 0) is 0 Å². The lowest BCUT2D eigenvalue weighted by Crippen LogP contribution is -2.10. The van der Waals surface area contributed by atoms with Crippen molar-refractivity contribution < 1.29 is 9.84 Å². The number of halogens is 1.